The van der Waals surface area contributed by atoms with Crippen molar-refractivity contribution in [2.45, 2.75) is 37.2 Å². The molecule has 3 unspecified atom stereocenters. The van der Waals surface area contributed by atoms with E-state index in [0.29, 0.717) is 11.8 Å². The highest BCUT2D eigenvalue weighted by Gasteiger charge is 2.33. The predicted molar refractivity (Wildman–Crippen MR) is 130 cm³/mol. The summed E-state index contributed by atoms with van der Waals surface area (Å²) >= 11 is 1.58. The highest BCUT2D eigenvalue weighted by atomic mass is 32.1. The van der Waals surface area contributed by atoms with E-state index in [1.165, 1.54) is 11.1 Å². The summed E-state index contributed by atoms with van der Waals surface area (Å²) in [6.07, 6.45) is 2.90. The molecule has 1 fully saturated rings. The third-order valence-corrected chi connectivity index (χ3v) is 7.49. The maximum absolute atomic E-state index is 10.3. The molecule has 3 atom stereocenters. The molecule has 0 spiro atoms. The number of ether oxygens (including phenoxy) is 1. The Morgan fingerprint density at radius 1 is 0.812 bits per heavy atom. The average molecular weight is 442 g/mol. The van der Waals surface area contributed by atoms with Crippen LogP contribution in [0.4, 0.5) is 0 Å². The fourth-order valence-corrected chi connectivity index (χ4v) is 5.67. The van der Waals surface area contributed by atoms with Gasteiger partial charge in [0.1, 0.15) is 0 Å². The summed E-state index contributed by atoms with van der Waals surface area (Å²) in [7, 11) is 0. The Balaban J connectivity index is 1.30. The zero-order chi connectivity index (χ0) is 21.8. The van der Waals surface area contributed by atoms with Crippen LogP contribution in [0.5, 0.6) is 5.88 Å². The topological polar surface area (TPSA) is 42.4 Å². The van der Waals surface area contributed by atoms with Crippen molar-refractivity contribution in [3.05, 3.63) is 107 Å². The molecule has 162 valence electrons. The van der Waals surface area contributed by atoms with Gasteiger partial charge in [0.05, 0.1) is 22.6 Å². The van der Waals surface area contributed by atoms with Crippen LogP contribution in [0.3, 0.4) is 0 Å². The van der Waals surface area contributed by atoms with Gasteiger partial charge in [0, 0.05) is 12.3 Å². The molecule has 1 aromatic heterocycles. The minimum absolute atomic E-state index is 0.132. The Kier molecular flexibility index (Phi) is 6.33. The lowest BCUT2D eigenvalue weighted by Crippen LogP contribution is -2.31. The van der Waals surface area contributed by atoms with E-state index in [4.69, 9.17) is 4.74 Å². The van der Waals surface area contributed by atoms with Crippen LogP contribution in [0.25, 0.3) is 10.4 Å². The Morgan fingerprint density at radius 3 is 2.06 bits per heavy atom. The molecule has 5 rings (SSSR count). The summed E-state index contributed by atoms with van der Waals surface area (Å²) in [5.41, 5.74) is 3.74. The summed E-state index contributed by atoms with van der Waals surface area (Å²) in [5, 5.41) is 11.3. The van der Waals surface area contributed by atoms with Gasteiger partial charge in [0.2, 0.25) is 5.88 Å². The lowest BCUT2D eigenvalue weighted by atomic mass is 9.76. The van der Waals surface area contributed by atoms with E-state index in [1.807, 2.05) is 30.3 Å². The zero-order valence-electron chi connectivity index (χ0n) is 17.9. The van der Waals surface area contributed by atoms with Crippen LogP contribution in [0.2, 0.25) is 0 Å². The SMILES string of the molecule is Oc1nc(CCC2CC(c3ccccc3)C(c3ccccc3)CO2)sc1-c1ccccc1. The number of thiazole rings is 1. The molecular formula is C28H27NO2S. The van der Waals surface area contributed by atoms with Crippen molar-refractivity contribution in [1.29, 1.82) is 0 Å². The van der Waals surface area contributed by atoms with Gasteiger partial charge >= 0.3 is 0 Å². The van der Waals surface area contributed by atoms with E-state index < -0.39 is 0 Å². The Bertz CT molecular complexity index is 1130. The minimum atomic E-state index is 0.132. The number of nitrogens with zero attached hydrogens (tertiary/aromatic N) is 1. The van der Waals surface area contributed by atoms with Crippen LogP contribution in [-0.4, -0.2) is 22.8 Å². The normalized spacial score (nSPS) is 20.8. The predicted octanol–water partition coefficient (Wildman–Crippen LogP) is 6.80. The largest absolute Gasteiger partial charge is 0.492 e. The second-order valence-electron chi connectivity index (χ2n) is 8.39. The molecule has 32 heavy (non-hydrogen) atoms. The molecule has 0 bridgehead atoms. The van der Waals surface area contributed by atoms with Gasteiger partial charge < -0.3 is 9.84 Å². The number of aromatic hydroxyl groups is 1. The van der Waals surface area contributed by atoms with Crippen LogP contribution < -0.4 is 0 Å². The Hall–Kier alpha value is -2.95. The molecular weight excluding hydrogens is 414 g/mol. The van der Waals surface area contributed by atoms with Gasteiger partial charge in [-0.2, -0.15) is 0 Å². The molecule has 1 saturated heterocycles. The van der Waals surface area contributed by atoms with Gasteiger partial charge in [0.15, 0.2) is 0 Å². The molecule has 1 aliphatic rings. The first-order valence-corrected chi connectivity index (χ1v) is 12.0. The molecule has 0 saturated carbocycles. The standard InChI is InChI=1S/C28H27NO2S/c30-28-27(22-14-8-3-9-15-22)32-26(29-28)17-16-23-18-24(20-10-4-1-5-11-20)25(19-31-23)21-12-6-2-7-13-21/h1-15,23-25,30H,16-19H2. The van der Waals surface area contributed by atoms with Gasteiger partial charge in [-0.3, -0.25) is 0 Å². The number of benzene rings is 3. The third kappa shape index (κ3) is 4.62. The fourth-order valence-electron chi connectivity index (χ4n) is 4.69. The van der Waals surface area contributed by atoms with Gasteiger partial charge in [-0.05, 0) is 35.4 Å². The van der Waals surface area contributed by atoms with Crippen molar-refractivity contribution < 1.29 is 9.84 Å². The highest BCUT2D eigenvalue weighted by Crippen LogP contribution is 2.42. The van der Waals surface area contributed by atoms with Crippen LogP contribution in [-0.2, 0) is 11.2 Å². The minimum Gasteiger partial charge on any atom is -0.492 e. The maximum Gasteiger partial charge on any atom is 0.230 e. The molecule has 4 aromatic rings. The zero-order valence-corrected chi connectivity index (χ0v) is 18.7. The molecule has 1 aliphatic heterocycles. The fraction of sp³-hybridized carbons (Fsp3) is 0.250. The summed E-state index contributed by atoms with van der Waals surface area (Å²) in [5.74, 6) is 0.928. The van der Waals surface area contributed by atoms with Crippen LogP contribution in [0.1, 0.15) is 40.8 Å². The van der Waals surface area contributed by atoms with E-state index in [9.17, 15) is 5.11 Å². The van der Waals surface area contributed by atoms with Crippen molar-refractivity contribution in [2.24, 2.45) is 0 Å². The van der Waals surface area contributed by atoms with Crippen LogP contribution in [0.15, 0.2) is 91.0 Å². The van der Waals surface area contributed by atoms with E-state index >= 15 is 0 Å². The number of hydrogen-bond acceptors (Lipinski definition) is 4. The molecule has 0 amide bonds. The van der Waals surface area contributed by atoms with E-state index in [1.54, 1.807) is 11.3 Å². The number of aryl methyl sites for hydroxylation is 1. The smallest absolute Gasteiger partial charge is 0.230 e. The van der Waals surface area contributed by atoms with E-state index in [0.717, 1.165) is 41.3 Å². The van der Waals surface area contributed by atoms with Crippen LogP contribution in [0, 0.1) is 0 Å². The lowest BCUT2D eigenvalue weighted by Gasteiger charge is -2.37. The number of rotatable bonds is 6. The van der Waals surface area contributed by atoms with Crippen molar-refractivity contribution >= 4 is 11.3 Å². The second-order valence-corrected chi connectivity index (χ2v) is 9.47. The average Bonchev–Trinajstić information content (AvgIpc) is 3.24. The van der Waals surface area contributed by atoms with Crippen molar-refractivity contribution in [1.82, 2.24) is 4.98 Å². The van der Waals surface area contributed by atoms with E-state index in [2.05, 4.69) is 65.6 Å². The first kappa shape index (κ1) is 20.9. The molecule has 0 aliphatic carbocycles. The van der Waals surface area contributed by atoms with Crippen molar-refractivity contribution in [3.8, 4) is 16.3 Å². The molecule has 4 heteroatoms. The summed E-state index contributed by atoms with van der Waals surface area (Å²) in [4.78, 5) is 5.27. The maximum atomic E-state index is 10.3. The summed E-state index contributed by atoms with van der Waals surface area (Å²) in [6.45, 7) is 0.729. The molecule has 3 aromatic carbocycles. The first-order chi connectivity index (χ1) is 15.8. The Labute approximate surface area is 193 Å². The van der Waals surface area contributed by atoms with E-state index in [-0.39, 0.29) is 12.0 Å². The molecule has 0 radical (unpaired) electrons. The first-order valence-electron chi connectivity index (χ1n) is 11.2. The molecule has 3 nitrogen and oxygen atoms in total. The van der Waals surface area contributed by atoms with Gasteiger partial charge in [-0.15, -0.1) is 11.3 Å². The summed E-state index contributed by atoms with van der Waals surface area (Å²) < 4.78 is 6.35. The van der Waals surface area contributed by atoms with Crippen molar-refractivity contribution in [3.63, 3.8) is 0 Å². The quantitative estimate of drug-likeness (QED) is 0.358. The Morgan fingerprint density at radius 2 is 1.41 bits per heavy atom. The monoisotopic (exact) mass is 441 g/mol. The molecule has 1 N–H and O–H groups in total. The number of aromatic nitrogens is 1. The number of hydrogen-bond donors (Lipinski definition) is 1. The lowest BCUT2D eigenvalue weighted by molar-refractivity contribution is -0.0108. The van der Waals surface area contributed by atoms with Gasteiger partial charge in [0.25, 0.3) is 0 Å². The van der Waals surface area contributed by atoms with Crippen LogP contribution >= 0.6 is 11.3 Å². The highest BCUT2D eigenvalue weighted by molar-refractivity contribution is 7.15. The second kappa shape index (κ2) is 9.68. The molecule has 2 heterocycles. The van der Waals surface area contributed by atoms with Gasteiger partial charge in [-0.25, -0.2) is 4.98 Å². The third-order valence-electron chi connectivity index (χ3n) is 6.34. The van der Waals surface area contributed by atoms with Crippen molar-refractivity contribution in [2.75, 3.05) is 6.61 Å². The summed E-state index contributed by atoms with van der Waals surface area (Å²) in [6, 6.07) is 31.5. The van der Waals surface area contributed by atoms with Gasteiger partial charge in [-0.1, -0.05) is 91.0 Å².